The maximum absolute atomic E-state index is 14.4. The van der Waals surface area contributed by atoms with Crippen LogP contribution in [0.15, 0.2) is 51.0 Å². The van der Waals surface area contributed by atoms with Gasteiger partial charge in [-0.15, -0.1) is 0 Å². The Morgan fingerprint density at radius 2 is 1.76 bits per heavy atom. The number of non-ortho nitro benzene ring substituents is 1. The van der Waals surface area contributed by atoms with Gasteiger partial charge >= 0.3 is 23.6 Å². The van der Waals surface area contributed by atoms with Gasteiger partial charge in [0.15, 0.2) is 11.3 Å². The maximum atomic E-state index is 14.4. The predicted molar refractivity (Wildman–Crippen MR) is 204 cm³/mol. The Morgan fingerprint density at radius 1 is 1.05 bits per heavy atom. The molecule has 1 aromatic carbocycles. The zero-order chi connectivity index (χ0) is 42.1. The number of allylic oxidation sites excluding steroid dienone is 1. The molecule has 18 heteroatoms. The molecule has 4 aliphatic rings. The number of unbranched alkanes of at least 4 members (excludes halogenated alkanes) is 3. The van der Waals surface area contributed by atoms with Gasteiger partial charge < -0.3 is 34.2 Å². The topological polar surface area (TPSA) is 242 Å². The van der Waals surface area contributed by atoms with Crippen LogP contribution in [0.25, 0.3) is 11.0 Å². The number of carboxylic acids is 1. The van der Waals surface area contributed by atoms with Crippen molar-refractivity contribution >= 4 is 51.9 Å². The number of esters is 2. The number of fused-ring (bicyclic) bond motifs is 5. The standard InChI is InChI=1S/C40H49N5O13/c1-39-19-26(56-30(49)12-8-10-18-44(4)24-14-15-25(45(53)54)35-34(24)41-58-42-35)33-31(23(39)13-16-27(39)46)36(50)37(51)32-22(20-43(3)17-9-6-7-11-29(47)48)38(52)57-28(21-55-5)40(32,33)2/h14-15,20,23,26,28,51H,6-13,16-19,21H2,1-5H3,(H,47,48)/b22-20-. The lowest BCUT2D eigenvalue weighted by Crippen LogP contribution is -2.57. The number of methoxy groups -OCH3 is 1. The maximum Gasteiger partial charge on any atom is 0.340 e. The zero-order valence-corrected chi connectivity index (χ0v) is 33.3. The summed E-state index contributed by atoms with van der Waals surface area (Å²) >= 11 is 0. The van der Waals surface area contributed by atoms with Crippen LogP contribution >= 0.6 is 0 Å². The second kappa shape index (κ2) is 16.7. The number of cyclic esters (lactones) is 1. The molecule has 2 aromatic rings. The second-order valence-corrected chi connectivity index (χ2v) is 16.0. The largest absolute Gasteiger partial charge is 0.504 e. The lowest BCUT2D eigenvalue weighted by molar-refractivity contribution is -0.383. The monoisotopic (exact) mass is 807 g/mol. The fourth-order valence-electron chi connectivity index (χ4n) is 9.23. The normalized spacial score (nSPS) is 26.1. The van der Waals surface area contributed by atoms with Gasteiger partial charge in [0.1, 0.15) is 18.0 Å². The van der Waals surface area contributed by atoms with Crippen molar-refractivity contribution in [3.63, 3.8) is 0 Å². The molecular weight excluding hydrogens is 758 g/mol. The number of hydrogen-bond donors (Lipinski definition) is 2. The quantitative estimate of drug-likeness (QED) is 0.0719. The summed E-state index contributed by atoms with van der Waals surface area (Å²) < 4.78 is 22.6. The van der Waals surface area contributed by atoms with Crippen molar-refractivity contribution in [1.82, 2.24) is 15.2 Å². The van der Waals surface area contributed by atoms with Crippen molar-refractivity contribution in [2.24, 2.45) is 16.7 Å². The molecule has 2 heterocycles. The first kappa shape index (κ1) is 42.0. The third-order valence-electron chi connectivity index (χ3n) is 12.2. The van der Waals surface area contributed by atoms with Gasteiger partial charge in [-0.05, 0) is 61.0 Å². The smallest absolute Gasteiger partial charge is 0.340 e. The molecule has 5 atom stereocenters. The first-order chi connectivity index (χ1) is 27.5. The van der Waals surface area contributed by atoms with Crippen LogP contribution in [0.5, 0.6) is 0 Å². The Labute approximate surface area is 333 Å². The number of Topliss-reactive ketones (excluding diaryl/α,β-unsaturated/α-hetero) is 2. The van der Waals surface area contributed by atoms with E-state index in [1.807, 2.05) is 4.90 Å². The average molecular weight is 808 g/mol. The second-order valence-electron chi connectivity index (χ2n) is 16.0. The zero-order valence-electron chi connectivity index (χ0n) is 33.3. The molecule has 6 rings (SSSR count). The molecule has 18 nitrogen and oxygen atoms in total. The Morgan fingerprint density at radius 3 is 2.47 bits per heavy atom. The van der Waals surface area contributed by atoms with Gasteiger partial charge in [-0.25, -0.2) is 9.42 Å². The van der Waals surface area contributed by atoms with E-state index in [0.717, 1.165) is 0 Å². The highest BCUT2D eigenvalue weighted by atomic mass is 16.6. The first-order valence-electron chi connectivity index (χ1n) is 19.4. The number of nitro benzene ring substituents is 1. The highest BCUT2D eigenvalue weighted by molar-refractivity contribution is 6.14. The number of carbonyl (C=O) groups is 5. The van der Waals surface area contributed by atoms with Crippen LogP contribution in [0, 0.1) is 26.9 Å². The van der Waals surface area contributed by atoms with Crippen LogP contribution in [0.1, 0.15) is 78.1 Å². The highest BCUT2D eigenvalue weighted by Crippen LogP contribution is 2.62. The molecule has 0 spiro atoms. The number of nitro groups is 1. The van der Waals surface area contributed by atoms with Crippen LogP contribution in [-0.2, 0) is 38.2 Å². The third-order valence-corrected chi connectivity index (χ3v) is 12.2. The van der Waals surface area contributed by atoms with Gasteiger partial charge in [0, 0.05) is 94.7 Å². The number of aliphatic carboxylic acids is 1. The van der Waals surface area contributed by atoms with Gasteiger partial charge in [-0.3, -0.25) is 29.3 Å². The van der Waals surface area contributed by atoms with E-state index in [2.05, 4.69) is 10.3 Å². The predicted octanol–water partition coefficient (Wildman–Crippen LogP) is 4.77. The molecule has 0 radical (unpaired) electrons. The summed E-state index contributed by atoms with van der Waals surface area (Å²) in [7, 11) is 4.93. The van der Waals surface area contributed by atoms with Gasteiger partial charge in [0.25, 0.3) is 0 Å². The van der Waals surface area contributed by atoms with E-state index in [1.54, 1.807) is 38.9 Å². The molecule has 1 aromatic heterocycles. The van der Waals surface area contributed by atoms with Crippen molar-refractivity contribution in [2.45, 2.75) is 90.3 Å². The summed E-state index contributed by atoms with van der Waals surface area (Å²) in [5.74, 6) is -4.23. The molecule has 3 aliphatic carbocycles. The lowest BCUT2D eigenvalue weighted by atomic mass is 9.53. The van der Waals surface area contributed by atoms with Gasteiger partial charge in [-0.2, -0.15) is 0 Å². The minimum absolute atomic E-state index is 0.0142. The number of ether oxygens (including phenoxy) is 3. The summed E-state index contributed by atoms with van der Waals surface area (Å²) in [5, 5.41) is 39.8. The van der Waals surface area contributed by atoms with Crippen LogP contribution in [0.4, 0.5) is 11.4 Å². The summed E-state index contributed by atoms with van der Waals surface area (Å²) in [4.78, 5) is 80.7. The lowest BCUT2D eigenvalue weighted by Gasteiger charge is -2.53. The molecule has 2 N–H and O–H groups in total. The summed E-state index contributed by atoms with van der Waals surface area (Å²) in [6.07, 6.45) is 2.71. The highest BCUT2D eigenvalue weighted by Gasteiger charge is 2.64. The Bertz CT molecular complexity index is 2120. The Kier molecular flexibility index (Phi) is 12.1. The van der Waals surface area contributed by atoms with Crippen molar-refractivity contribution in [1.29, 1.82) is 0 Å². The van der Waals surface area contributed by atoms with Crippen molar-refractivity contribution < 1.29 is 57.9 Å². The molecule has 1 saturated heterocycles. The van der Waals surface area contributed by atoms with E-state index in [1.165, 1.54) is 19.4 Å². The van der Waals surface area contributed by atoms with Crippen molar-refractivity contribution in [2.75, 3.05) is 45.8 Å². The molecule has 312 valence electrons. The van der Waals surface area contributed by atoms with Crippen LogP contribution < -0.4 is 4.90 Å². The number of aliphatic hydroxyl groups is 1. The van der Waals surface area contributed by atoms with Crippen LogP contribution in [-0.4, -0.2) is 113 Å². The van der Waals surface area contributed by atoms with Crippen molar-refractivity contribution in [3.05, 3.63) is 56.5 Å². The molecule has 0 amide bonds. The summed E-state index contributed by atoms with van der Waals surface area (Å²) in [5.41, 5.74) is -1.29. The van der Waals surface area contributed by atoms with E-state index in [0.29, 0.717) is 62.9 Å². The summed E-state index contributed by atoms with van der Waals surface area (Å²) in [6.45, 7) is 4.28. The van der Waals surface area contributed by atoms with E-state index < -0.39 is 63.3 Å². The average Bonchev–Trinajstić information content (AvgIpc) is 3.77. The number of carboxylic acid groups (broad SMARTS) is 1. The Hall–Kier alpha value is -5.65. The van der Waals surface area contributed by atoms with Gasteiger partial charge in [0.05, 0.1) is 28.2 Å². The molecule has 5 unspecified atom stereocenters. The number of aromatic nitrogens is 2. The minimum atomic E-state index is -1.40. The van der Waals surface area contributed by atoms with E-state index in [-0.39, 0.29) is 71.5 Å². The number of anilines is 1. The summed E-state index contributed by atoms with van der Waals surface area (Å²) in [6, 6.07) is 2.88. The van der Waals surface area contributed by atoms with Crippen molar-refractivity contribution in [3.8, 4) is 0 Å². The number of nitrogens with zero attached hydrogens (tertiary/aromatic N) is 5. The molecule has 1 aliphatic heterocycles. The molecule has 2 fully saturated rings. The van der Waals surface area contributed by atoms with E-state index >= 15 is 0 Å². The molecule has 1 saturated carbocycles. The minimum Gasteiger partial charge on any atom is -0.504 e. The first-order valence-corrected chi connectivity index (χ1v) is 19.4. The number of benzene rings is 1. The fraction of sp³-hybridized carbons (Fsp3) is 0.575. The molecule has 0 bridgehead atoms. The van der Waals surface area contributed by atoms with Crippen LogP contribution in [0.3, 0.4) is 0 Å². The number of aliphatic hydroxyl groups excluding tert-OH is 1. The Balaban J connectivity index is 1.26. The number of ketones is 2. The van der Waals surface area contributed by atoms with Gasteiger partial charge in [0.2, 0.25) is 11.3 Å². The van der Waals surface area contributed by atoms with Gasteiger partial charge in [-0.1, -0.05) is 13.3 Å². The number of carbonyl (C=O) groups excluding carboxylic acids is 4. The third kappa shape index (κ3) is 7.56. The van der Waals surface area contributed by atoms with E-state index in [9.17, 15) is 39.2 Å². The van der Waals surface area contributed by atoms with E-state index in [4.69, 9.17) is 23.9 Å². The SMILES string of the molecule is COCC1OC(=O)/C(=C\N(C)CCCCCC(=O)O)C2=C(O)C(=O)C3=C(C(OC(=O)CCCCN(C)c4ccc([N+](=O)[O-])c5nonc45)CC4(C)C(=O)CCC34)C21C. The fourth-order valence-corrected chi connectivity index (χ4v) is 9.23. The number of rotatable bonds is 17. The molecule has 58 heavy (non-hydrogen) atoms. The molecular formula is C40H49N5O13. The number of hydrogen-bond acceptors (Lipinski definition) is 16. The van der Waals surface area contributed by atoms with Crippen LogP contribution in [0.2, 0.25) is 0 Å².